The summed E-state index contributed by atoms with van der Waals surface area (Å²) in [7, 11) is 3.31. The quantitative estimate of drug-likeness (QED) is 0.755. The Kier molecular flexibility index (Phi) is 4.20. The van der Waals surface area contributed by atoms with E-state index >= 15 is 0 Å². The Morgan fingerprint density at radius 2 is 2.00 bits per heavy atom. The van der Waals surface area contributed by atoms with Gasteiger partial charge in [0.15, 0.2) is 0 Å². The number of methoxy groups -OCH3 is 2. The van der Waals surface area contributed by atoms with Crippen LogP contribution >= 0.6 is 0 Å². The maximum Gasteiger partial charge on any atom is 0.137 e. The van der Waals surface area contributed by atoms with Crippen molar-refractivity contribution in [2.45, 2.75) is 6.61 Å². The SMILES string of the molecule is CO/C=C(/c1ccco1)c1ccccc1COC. The van der Waals surface area contributed by atoms with Crippen LogP contribution in [0, 0.1) is 0 Å². The lowest BCUT2D eigenvalue weighted by Gasteiger charge is -2.10. The highest BCUT2D eigenvalue weighted by molar-refractivity contribution is 5.78. The van der Waals surface area contributed by atoms with Gasteiger partial charge in [0, 0.05) is 7.11 Å². The van der Waals surface area contributed by atoms with Crippen molar-refractivity contribution >= 4 is 5.57 Å². The minimum absolute atomic E-state index is 0.554. The van der Waals surface area contributed by atoms with Crippen LogP contribution in [0.5, 0.6) is 0 Å². The molecule has 0 radical (unpaired) electrons. The number of benzene rings is 1. The van der Waals surface area contributed by atoms with Gasteiger partial charge in [-0.25, -0.2) is 0 Å². The summed E-state index contributed by atoms with van der Waals surface area (Å²) in [6.45, 7) is 0.554. The Balaban J connectivity index is 2.47. The van der Waals surface area contributed by atoms with E-state index in [2.05, 4.69) is 0 Å². The number of ether oxygens (including phenoxy) is 2. The Labute approximate surface area is 107 Å². The van der Waals surface area contributed by atoms with Gasteiger partial charge in [0.1, 0.15) is 5.76 Å². The molecule has 1 aromatic heterocycles. The second-order valence-electron chi connectivity index (χ2n) is 3.83. The molecule has 3 heteroatoms. The van der Waals surface area contributed by atoms with Gasteiger partial charge in [0.05, 0.1) is 31.8 Å². The molecular weight excluding hydrogens is 228 g/mol. The molecular formula is C15H16O3. The molecule has 94 valence electrons. The molecule has 0 amide bonds. The van der Waals surface area contributed by atoms with Crippen LogP contribution in [0.2, 0.25) is 0 Å². The monoisotopic (exact) mass is 244 g/mol. The van der Waals surface area contributed by atoms with Crippen molar-refractivity contribution in [3.63, 3.8) is 0 Å². The average Bonchev–Trinajstić information content (AvgIpc) is 2.91. The number of rotatable bonds is 5. The van der Waals surface area contributed by atoms with E-state index in [1.807, 2.05) is 36.4 Å². The highest BCUT2D eigenvalue weighted by Crippen LogP contribution is 2.27. The summed E-state index contributed by atoms with van der Waals surface area (Å²) in [5, 5.41) is 0. The van der Waals surface area contributed by atoms with Gasteiger partial charge in [-0.1, -0.05) is 24.3 Å². The van der Waals surface area contributed by atoms with Gasteiger partial charge in [-0.3, -0.25) is 0 Å². The molecule has 0 N–H and O–H groups in total. The molecule has 18 heavy (non-hydrogen) atoms. The fourth-order valence-corrected chi connectivity index (χ4v) is 1.87. The van der Waals surface area contributed by atoms with Crippen LogP contribution in [-0.4, -0.2) is 14.2 Å². The van der Waals surface area contributed by atoms with Crippen molar-refractivity contribution < 1.29 is 13.9 Å². The van der Waals surface area contributed by atoms with Crippen molar-refractivity contribution in [2.75, 3.05) is 14.2 Å². The molecule has 0 spiro atoms. The average molecular weight is 244 g/mol. The first-order chi connectivity index (χ1) is 8.86. The van der Waals surface area contributed by atoms with Crippen LogP contribution in [0.3, 0.4) is 0 Å². The topological polar surface area (TPSA) is 31.6 Å². The Bertz CT molecular complexity index is 512. The van der Waals surface area contributed by atoms with Crippen molar-refractivity contribution in [3.8, 4) is 0 Å². The maximum atomic E-state index is 5.45. The molecule has 0 saturated carbocycles. The Morgan fingerprint density at radius 1 is 1.17 bits per heavy atom. The third-order valence-electron chi connectivity index (χ3n) is 2.63. The third-order valence-corrected chi connectivity index (χ3v) is 2.63. The van der Waals surface area contributed by atoms with Gasteiger partial charge in [-0.2, -0.15) is 0 Å². The summed E-state index contributed by atoms with van der Waals surface area (Å²) in [4.78, 5) is 0. The third kappa shape index (κ3) is 2.63. The lowest BCUT2D eigenvalue weighted by Crippen LogP contribution is -1.96. The van der Waals surface area contributed by atoms with E-state index in [0.717, 1.165) is 22.5 Å². The van der Waals surface area contributed by atoms with Crippen LogP contribution in [0.15, 0.2) is 53.3 Å². The molecule has 2 aromatic rings. The van der Waals surface area contributed by atoms with Gasteiger partial charge in [-0.15, -0.1) is 0 Å². The lowest BCUT2D eigenvalue weighted by atomic mass is 9.99. The Morgan fingerprint density at radius 3 is 2.67 bits per heavy atom. The van der Waals surface area contributed by atoms with E-state index in [0.29, 0.717) is 6.61 Å². The fourth-order valence-electron chi connectivity index (χ4n) is 1.87. The zero-order valence-electron chi connectivity index (χ0n) is 10.6. The van der Waals surface area contributed by atoms with Crippen LogP contribution in [0.1, 0.15) is 16.9 Å². The summed E-state index contributed by atoms with van der Waals surface area (Å²) in [5.41, 5.74) is 3.06. The van der Waals surface area contributed by atoms with Crippen molar-refractivity contribution in [3.05, 3.63) is 65.8 Å². The fraction of sp³-hybridized carbons (Fsp3) is 0.200. The van der Waals surface area contributed by atoms with Gasteiger partial charge in [-0.05, 0) is 23.3 Å². The first kappa shape index (κ1) is 12.5. The minimum atomic E-state index is 0.554. The molecule has 3 nitrogen and oxygen atoms in total. The second kappa shape index (κ2) is 6.07. The largest absolute Gasteiger partial charge is 0.504 e. The minimum Gasteiger partial charge on any atom is -0.504 e. The summed E-state index contributed by atoms with van der Waals surface area (Å²) in [6, 6.07) is 11.8. The molecule has 0 aliphatic rings. The van der Waals surface area contributed by atoms with E-state index in [1.165, 1.54) is 0 Å². The molecule has 1 heterocycles. The molecule has 2 rings (SSSR count). The summed E-state index contributed by atoms with van der Waals surface area (Å²) < 4.78 is 15.8. The van der Waals surface area contributed by atoms with Gasteiger partial charge in [0.2, 0.25) is 0 Å². The summed E-state index contributed by atoms with van der Waals surface area (Å²) in [6.07, 6.45) is 3.34. The number of furan rings is 1. The van der Waals surface area contributed by atoms with Gasteiger partial charge >= 0.3 is 0 Å². The summed E-state index contributed by atoms with van der Waals surface area (Å²) in [5.74, 6) is 0.778. The number of hydrogen-bond acceptors (Lipinski definition) is 3. The van der Waals surface area contributed by atoms with Crippen LogP contribution < -0.4 is 0 Å². The van der Waals surface area contributed by atoms with E-state index in [4.69, 9.17) is 13.9 Å². The molecule has 0 fully saturated rings. The molecule has 0 saturated heterocycles. The molecule has 0 bridgehead atoms. The van der Waals surface area contributed by atoms with Gasteiger partial charge < -0.3 is 13.9 Å². The van der Waals surface area contributed by atoms with Crippen molar-refractivity contribution in [1.29, 1.82) is 0 Å². The standard InChI is InChI=1S/C15H16O3/c1-16-10-12-6-3-4-7-13(12)14(11-17-2)15-8-5-9-18-15/h3-9,11H,10H2,1-2H3/b14-11+. The first-order valence-electron chi connectivity index (χ1n) is 5.71. The molecule has 0 aliphatic heterocycles. The highest BCUT2D eigenvalue weighted by atomic mass is 16.5. The molecule has 0 atom stereocenters. The van der Waals surface area contributed by atoms with E-state index < -0.39 is 0 Å². The predicted molar refractivity (Wildman–Crippen MR) is 70.0 cm³/mol. The molecule has 1 aromatic carbocycles. The molecule has 0 unspecified atom stereocenters. The highest BCUT2D eigenvalue weighted by Gasteiger charge is 2.12. The van der Waals surface area contributed by atoms with Crippen LogP contribution in [-0.2, 0) is 16.1 Å². The summed E-state index contributed by atoms with van der Waals surface area (Å²) >= 11 is 0. The Hall–Kier alpha value is -2.00. The van der Waals surface area contributed by atoms with Crippen molar-refractivity contribution in [2.24, 2.45) is 0 Å². The van der Waals surface area contributed by atoms with E-state index in [-0.39, 0.29) is 0 Å². The van der Waals surface area contributed by atoms with Gasteiger partial charge in [0.25, 0.3) is 0 Å². The molecule has 0 aliphatic carbocycles. The first-order valence-corrected chi connectivity index (χ1v) is 5.71. The normalized spacial score (nSPS) is 11.6. The zero-order chi connectivity index (χ0) is 12.8. The van der Waals surface area contributed by atoms with E-state index in [1.54, 1.807) is 26.7 Å². The predicted octanol–water partition coefficient (Wildman–Crippen LogP) is 3.46. The number of hydrogen-bond donors (Lipinski definition) is 0. The maximum absolute atomic E-state index is 5.45. The van der Waals surface area contributed by atoms with Crippen LogP contribution in [0.4, 0.5) is 0 Å². The van der Waals surface area contributed by atoms with Crippen molar-refractivity contribution in [1.82, 2.24) is 0 Å². The zero-order valence-corrected chi connectivity index (χ0v) is 10.6. The second-order valence-corrected chi connectivity index (χ2v) is 3.83. The smallest absolute Gasteiger partial charge is 0.137 e. The van der Waals surface area contributed by atoms with E-state index in [9.17, 15) is 0 Å². The van der Waals surface area contributed by atoms with Crippen LogP contribution in [0.25, 0.3) is 5.57 Å². The lowest BCUT2D eigenvalue weighted by molar-refractivity contribution is 0.184.